The molecule has 1 N–H and O–H groups in total. The molecule has 0 aromatic heterocycles. The molecule has 38 heavy (non-hydrogen) atoms. The van der Waals surface area contributed by atoms with Gasteiger partial charge in [0.1, 0.15) is 7.85 Å². The molecule has 0 heterocycles. The second-order valence-corrected chi connectivity index (χ2v) is 8.75. The number of carbonyl (C=O) groups is 2. The van der Waals surface area contributed by atoms with Crippen molar-refractivity contribution in [1.29, 1.82) is 0 Å². The highest BCUT2D eigenvalue weighted by Gasteiger charge is 2.73. The smallest absolute Gasteiger partial charge is 0.321 e. The lowest BCUT2D eigenvalue weighted by Crippen LogP contribution is -2.50. The molecule has 0 aliphatic rings. The predicted octanol–water partition coefficient (Wildman–Crippen LogP) is 6.20. The van der Waals surface area contributed by atoms with Crippen molar-refractivity contribution < 1.29 is 44.7 Å². The SMILES string of the molecule is [B]c1cc(C(F)(C(F)(F)F)C(F)(F)F)cc(Br)c1NC(=O)c1cccc(N(C)C(=O)c2ccccc2)c1F. The first-order chi connectivity index (χ1) is 17.5. The molecule has 0 aliphatic heterocycles. The third-order valence-corrected chi connectivity index (χ3v) is 6.07. The van der Waals surface area contributed by atoms with Crippen molar-refractivity contribution in [2.24, 2.45) is 0 Å². The fraction of sp³-hybridized carbons (Fsp3) is 0.167. The topological polar surface area (TPSA) is 49.4 Å². The maximum atomic E-state index is 15.2. The summed E-state index contributed by atoms with van der Waals surface area (Å²) in [5.74, 6) is -2.96. The second-order valence-electron chi connectivity index (χ2n) is 7.90. The van der Waals surface area contributed by atoms with E-state index in [1.54, 1.807) is 18.2 Å². The molecule has 4 nitrogen and oxygen atoms in total. The van der Waals surface area contributed by atoms with Crippen LogP contribution in [0.1, 0.15) is 26.3 Å². The molecule has 3 rings (SSSR count). The van der Waals surface area contributed by atoms with Gasteiger partial charge in [0.05, 0.1) is 11.3 Å². The Kier molecular flexibility index (Phi) is 7.97. The van der Waals surface area contributed by atoms with Crippen molar-refractivity contribution in [3.63, 3.8) is 0 Å². The summed E-state index contributed by atoms with van der Waals surface area (Å²) < 4.78 is 108. The Hall–Kier alpha value is -3.42. The highest BCUT2D eigenvalue weighted by molar-refractivity contribution is 9.10. The Balaban J connectivity index is 1.96. The highest BCUT2D eigenvalue weighted by atomic mass is 79.9. The van der Waals surface area contributed by atoms with Gasteiger partial charge in [-0.25, -0.2) is 8.78 Å². The third-order valence-electron chi connectivity index (χ3n) is 5.45. The standard InChI is InChI=1S/C24H14BBrF8N2O2/c1-36(21(38)12-6-3-2-4-7-12)17-9-5-8-14(18(17)27)20(37)35-19-15(25)10-13(11-16(19)26)22(28,23(29,30)31)24(32,33)34/h2-11H,1H3,(H,35,37). The molecule has 0 aliphatic carbocycles. The molecular weight excluding hydrogens is 591 g/mol. The summed E-state index contributed by atoms with van der Waals surface area (Å²) in [6.07, 6.45) is -12.8. The van der Waals surface area contributed by atoms with Crippen molar-refractivity contribution in [2.45, 2.75) is 18.0 Å². The summed E-state index contributed by atoms with van der Waals surface area (Å²) in [5.41, 5.74) is -9.75. The van der Waals surface area contributed by atoms with Crippen LogP contribution in [0.5, 0.6) is 0 Å². The van der Waals surface area contributed by atoms with Crippen LogP contribution in [-0.4, -0.2) is 39.1 Å². The maximum Gasteiger partial charge on any atom is 0.435 e. The van der Waals surface area contributed by atoms with Gasteiger partial charge >= 0.3 is 18.0 Å². The summed E-state index contributed by atoms with van der Waals surface area (Å²) in [7, 11) is 6.82. The van der Waals surface area contributed by atoms with Crippen molar-refractivity contribution in [2.75, 3.05) is 17.3 Å². The predicted molar refractivity (Wildman–Crippen MR) is 128 cm³/mol. The molecule has 14 heteroatoms. The fourth-order valence-electron chi connectivity index (χ4n) is 3.47. The number of anilines is 2. The van der Waals surface area contributed by atoms with E-state index in [0.717, 1.165) is 11.0 Å². The van der Waals surface area contributed by atoms with Gasteiger partial charge in [-0.05, 0) is 46.3 Å². The van der Waals surface area contributed by atoms with Gasteiger partial charge in [-0.2, -0.15) is 26.3 Å². The molecule has 0 unspecified atom stereocenters. The van der Waals surface area contributed by atoms with Crippen molar-refractivity contribution in [1.82, 2.24) is 0 Å². The average molecular weight is 605 g/mol. The minimum absolute atomic E-state index is 0.0699. The van der Waals surface area contributed by atoms with E-state index in [9.17, 15) is 40.3 Å². The van der Waals surface area contributed by atoms with Gasteiger partial charge in [0.2, 0.25) is 0 Å². The van der Waals surface area contributed by atoms with Crippen LogP contribution in [0.15, 0.2) is 65.1 Å². The fourth-order valence-corrected chi connectivity index (χ4v) is 4.04. The number of hydrogen-bond donors (Lipinski definition) is 1. The van der Waals surface area contributed by atoms with Gasteiger partial charge < -0.3 is 10.2 Å². The lowest BCUT2D eigenvalue weighted by molar-refractivity contribution is -0.348. The number of rotatable bonds is 5. The van der Waals surface area contributed by atoms with Gasteiger partial charge in [0.25, 0.3) is 11.8 Å². The number of carbonyl (C=O) groups excluding carboxylic acids is 2. The molecule has 198 valence electrons. The van der Waals surface area contributed by atoms with E-state index in [1.807, 2.05) is 0 Å². The molecule has 0 spiro atoms. The Morgan fingerprint density at radius 2 is 1.47 bits per heavy atom. The normalized spacial score (nSPS) is 12.3. The van der Waals surface area contributed by atoms with E-state index in [2.05, 4.69) is 21.2 Å². The molecule has 0 atom stereocenters. The van der Waals surface area contributed by atoms with Crippen LogP contribution in [-0.2, 0) is 5.67 Å². The van der Waals surface area contributed by atoms with Gasteiger partial charge in [-0.1, -0.05) is 35.8 Å². The molecule has 0 saturated carbocycles. The van der Waals surface area contributed by atoms with Crippen LogP contribution in [0.25, 0.3) is 0 Å². The first kappa shape index (κ1) is 29.1. The zero-order chi connectivity index (χ0) is 28.6. The maximum absolute atomic E-state index is 15.2. The number of alkyl halides is 7. The van der Waals surface area contributed by atoms with Crippen LogP contribution in [0.2, 0.25) is 0 Å². The molecule has 0 saturated heterocycles. The molecule has 2 radical (unpaired) electrons. The van der Waals surface area contributed by atoms with Gasteiger partial charge in [0.15, 0.2) is 5.82 Å². The highest BCUT2D eigenvalue weighted by Crippen LogP contribution is 2.53. The van der Waals surface area contributed by atoms with Gasteiger partial charge in [0, 0.05) is 28.3 Å². The quantitative estimate of drug-likeness (QED) is 0.279. The second kappa shape index (κ2) is 10.4. The van der Waals surface area contributed by atoms with Crippen LogP contribution in [0, 0.1) is 5.82 Å². The monoisotopic (exact) mass is 604 g/mol. The summed E-state index contributed by atoms with van der Waals surface area (Å²) in [5, 5.41) is 2.08. The van der Waals surface area contributed by atoms with Crippen molar-refractivity contribution in [3.8, 4) is 0 Å². The number of benzene rings is 3. The Morgan fingerprint density at radius 3 is 2.00 bits per heavy atom. The number of nitrogens with zero attached hydrogens (tertiary/aromatic N) is 1. The average Bonchev–Trinajstić information content (AvgIpc) is 2.83. The van der Waals surface area contributed by atoms with Crippen LogP contribution in [0.4, 0.5) is 46.5 Å². The first-order valence-corrected chi connectivity index (χ1v) is 11.1. The number of hydrogen-bond acceptors (Lipinski definition) is 2. The van der Waals surface area contributed by atoms with E-state index in [1.165, 1.54) is 31.3 Å². The van der Waals surface area contributed by atoms with E-state index >= 15 is 4.39 Å². The molecular formula is C24H14BBrF8N2O2. The zero-order valence-corrected chi connectivity index (χ0v) is 20.6. The van der Waals surface area contributed by atoms with E-state index < -0.39 is 62.4 Å². The van der Waals surface area contributed by atoms with Crippen molar-refractivity contribution >= 4 is 52.4 Å². The molecule has 3 aromatic carbocycles. The molecule has 0 fully saturated rings. The minimum atomic E-state index is -6.38. The first-order valence-electron chi connectivity index (χ1n) is 10.4. The summed E-state index contributed by atoms with van der Waals surface area (Å²) in [6, 6.07) is 11.5. The molecule has 0 bridgehead atoms. The Labute approximate surface area is 220 Å². The minimum Gasteiger partial charge on any atom is -0.321 e. The molecule has 2 amide bonds. The van der Waals surface area contributed by atoms with E-state index in [0.29, 0.717) is 0 Å². The van der Waals surface area contributed by atoms with E-state index in [-0.39, 0.29) is 23.4 Å². The Morgan fingerprint density at radius 1 is 0.895 bits per heavy atom. The van der Waals surface area contributed by atoms with Gasteiger partial charge in [-0.3, -0.25) is 9.59 Å². The summed E-state index contributed by atoms with van der Waals surface area (Å²) >= 11 is 2.68. The number of nitrogens with one attached hydrogen (secondary N) is 1. The Bertz CT molecular complexity index is 1340. The van der Waals surface area contributed by atoms with Crippen LogP contribution >= 0.6 is 15.9 Å². The lowest BCUT2D eigenvalue weighted by Gasteiger charge is -2.31. The summed E-state index contributed by atoms with van der Waals surface area (Å²) in [6.45, 7) is 0. The van der Waals surface area contributed by atoms with E-state index in [4.69, 9.17) is 7.85 Å². The number of amides is 2. The lowest BCUT2D eigenvalue weighted by atomic mass is 9.86. The zero-order valence-electron chi connectivity index (χ0n) is 19.0. The largest absolute Gasteiger partial charge is 0.435 e. The van der Waals surface area contributed by atoms with Crippen LogP contribution < -0.4 is 15.7 Å². The summed E-state index contributed by atoms with van der Waals surface area (Å²) in [4.78, 5) is 26.4. The van der Waals surface area contributed by atoms with Gasteiger partial charge in [-0.15, -0.1) is 0 Å². The van der Waals surface area contributed by atoms with Crippen LogP contribution in [0.3, 0.4) is 0 Å². The molecule has 3 aromatic rings. The van der Waals surface area contributed by atoms with Crippen molar-refractivity contribution in [3.05, 3.63) is 87.6 Å². The number of halogens is 9. The third kappa shape index (κ3) is 5.26.